The highest BCUT2D eigenvalue weighted by Gasteiger charge is 2.12. The lowest BCUT2D eigenvalue weighted by Gasteiger charge is -2.12. The number of oxazole rings is 1. The van der Waals surface area contributed by atoms with Gasteiger partial charge in [-0.2, -0.15) is 5.10 Å². The van der Waals surface area contributed by atoms with Crippen LogP contribution in [0.5, 0.6) is 5.75 Å². The van der Waals surface area contributed by atoms with Crippen LogP contribution in [0.15, 0.2) is 71.6 Å². The topological polar surface area (TPSA) is 65.1 Å². The first-order chi connectivity index (χ1) is 13.2. The lowest BCUT2D eigenvalue weighted by Crippen LogP contribution is -2.07. The van der Waals surface area contributed by atoms with Crippen molar-refractivity contribution in [3.05, 3.63) is 78.7 Å². The molecule has 0 saturated heterocycles. The number of rotatable bonds is 6. The molecular weight excluding hydrogens is 347 g/mol. The van der Waals surface area contributed by atoms with Gasteiger partial charge in [0, 0.05) is 18.0 Å². The molecule has 2 heterocycles. The van der Waals surface area contributed by atoms with Gasteiger partial charge in [0.2, 0.25) is 5.89 Å². The van der Waals surface area contributed by atoms with Crippen LogP contribution in [0.3, 0.4) is 0 Å². The SMILES string of the molecule is COc1cccc(-c2nc(CNc3c(F)cccc3-n3cccn3)co2)c1. The largest absolute Gasteiger partial charge is 0.497 e. The van der Waals surface area contributed by atoms with E-state index in [2.05, 4.69) is 15.4 Å². The molecule has 0 amide bonds. The first-order valence-corrected chi connectivity index (χ1v) is 8.36. The third kappa shape index (κ3) is 3.52. The highest BCUT2D eigenvalue weighted by Crippen LogP contribution is 2.26. The van der Waals surface area contributed by atoms with Gasteiger partial charge >= 0.3 is 0 Å². The molecule has 136 valence electrons. The van der Waals surface area contributed by atoms with Crippen LogP contribution < -0.4 is 10.1 Å². The Kier molecular flexibility index (Phi) is 4.57. The molecule has 27 heavy (non-hydrogen) atoms. The van der Waals surface area contributed by atoms with Gasteiger partial charge in [0.15, 0.2) is 0 Å². The molecule has 0 spiro atoms. The van der Waals surface area contributed by atoms with Gasteiger partial charge in [0.05, 0.1) is 30.7 Å². The Balaban J connectivity index is 1.54. The molecule has 0 aliphatic heterocycles. The molecule has 0 aliphatic carbocycles. The average Bonchev–Trinajstić information content (AvgIpc) is 3.39. The van der Waals surface area contributed by atoms with Crippen LogP contribution in [0.1, 0.15) is 5.69 Å². The second kappa shape index (κ2) is 7.33. The number of aromatic nitrogens is 3. The Bertz CT molecular complexity index is 1040. The monoisotopic (exact) mass is 364 g/mol. The lowest BCUT2D eigenvalue weighted by molar-refractivity contribution is 0.414. The van der Waals surface area contributed by atoms with Gasteiger partial charge in [-0.1, -0.05) is 12.1 Å². The van der Waals surface area contributed by atoms with E-state index >= 15 is 0 Å². The van der Waals surface area contributed by atoms with Crippen LogP contribution in [0.2, 0.25) is 0 Å². The molecule has 6 nitrogen and oxygen atoms in total. The highest BCUT2D eigenvalue weighted by molar-refractivity contribution is 5.62. The van der Waals surface area contributed by atoms with Gasteiger partial charge in [-0.15, -0.1) is 0 Å². The molecule has 0 fully saturated rings. The summed E-state index contributed by atoms with van der Waals surface area (Å²) in [7, 11) is 1.61. The van der Waals surface area contributed by atoms with Crippen molar-refractivity contribution in [1.29, 1.82) is 0 Å². The van der Waals surface area contributed by atoms with Crippen molar-refractivity contribution in [2.24, 2.45) is 0 Å². The number of halogens is 1. The maximum absolute atomic E-state index is 14.3. The van der Waals surface area contributed by atoms with Gasteiger partial charge in [-0.25, -0.2) is 14.1 Å². The van der Waals surface area contributed by atoms with Crippen LogP contribution in [-0.4, -0.2) is 21.9 Å². The molecule has 1 N–H and O–H groups in total. The van der Waals surface area contributed by atoms with E-state index < -0.39 is 0 Å². The van der Waals surface area contributed by atoms with Crippen molar-refractivity contribution < 1.29 is 13.5 Å². The standard InChI is InChI=1S/C20H17FN4O2/c1-26-16-6-2-5-14(11-16)20-24-15(13-27-20)12-22-19-17(21)7-3-8-18(19)25-10-4-9-23-25/h2-11,13,22H,12H2,1H3. The zero-order valence-electron chi connectivity index (χ0n) is 14.6. The molecule has 4 aromatic rings. The van der Waals surface area contributed by atoms with E-state index in [1.807, 2.05) is 24.3 Å². The molecule has 2 aromatic carbocycles. The number of nitrogens with zero attached hydrogens (tertiary/aromatic N) is 3. The zero-order chi connectivity index (χ0) is 18.6. The number of methoxy groups -OCH3 is 1. The Morgan fingerprint density at radius 3 is 2.89 bits per heavy atom. The van der Waals surface area contributed by atoms with E-state index in [9.17, 15) is 4.39 Å². The Labute approximate surface area is 155 Å². The van der Waals surface area contributed by atoms with Gasteiger partial charge < -0.3 is 14.5 Å². The Hall–Kier alpha value is -3.61. The minimum Gasteiger partial charge on any atom is -0.497 e. The number of hydrogen-bond donors (Lipinski definition) is 1. The molecular formula is C20H17FN4O2. The van der Waals surface area contributed by atoms with E-state index in [0.29, 0.717) is 29.5 Å². The fourth-order valence-electron chi connectivity index (χ4n) is 2.75. The predicted molar refractivity (Wildman–Crippen MR) is 99.3 cm³/mol. The zero-order valence-corrected chi connectivity index (χ0v) is 14.6. The third-order valence-corrected chi connectivity index (χ3v) is 4.06. The summed E-state index contributed by atoms with van der Waals surface area (Å²) in [6.07, 6.45) is 4.96. The summed E-state index contributed by atoms with van der Waals surface area (Å²) in [5.74, 6) is 0.839. The van der Waals surface area contributed by atoms with Crippen molar-refractivity contribution in [2.75, 3.05) is 12.4 Å². The number of nitrogens with one attached hydrogen (secondary N) is 1. The molecule has 0 atom stereocenters. The minimum absolute atomic E-state index is 0.308. The summed E-state index contributed by atoms with van der Waals surface area (Å²) in [4.78, 5) is 4.46. The Morgan fingerprint density at radius 2 is 2.07 bits per heavy atom. The summed E-state index contributed by atoms with van der Waals surface area (Å²) in [6.45, 7) is 0.308. The third-order valence-electron chi connectivity index (χ3n) is 4.06. The van der Waals surface area contributed by atoms with Crippen molar-refractivity contribution in [3.8, 4) is 22.9 Å². The van der Waals surface area contributed by atoms with Crippen molar-refractivity contribution in [3.63, 3.8) is 0 Å². The number of anilines is 1. The summed E-state index contributed by atoms with van der Waals surface area (Å²) in [5, 5.41) is 7.26. The quantitative estimate of drug-likeness (QED) is 0.553. The molecule has 0 saturated carbocycles. The summed E-state index contributed by atoms with van der Waals surface area (Å²) >= 11 is 0. The van der Waals surface area contributed by atoms with Gasteiger partial charge in [-0.3, -0.25) is 0 Å². The maximum Gasteiger partial charge on any atom is 0.226 e. The highest BCUT2D eigenvalue weighted by atomic mass is 19.1. The average molecular weight is 364 g/mol. The first kappa shape index (κ1) is 16.8. The van der Waals surface area contributed by atoms with E-state index in [-0.39, 0.29) is 5.82 Å². The molecule has 0 unspecified atom stereocenters. The van der Waals surface area contributed by atoms with E-state index in [1.165, 1.54) is 6.07 Å². The van der Waals surface area contributed by atoms with Crippen LogP contribution in [0, 0.1) is 5.82 Å². The van der Waals surface area contributed by atoms with E-state index in [1.54, 1.807) is 48.6 Å². The van der Waals surface area contributed by atoms with Gasteiger partial charge in [-0.05, 0) is 36.4 Å². The van der Waals surface area contributed by atoms with Gasteiger partial charge in [0.1, 0.15) is 17.8 Å². The molecule has 0 radical (unpaired) electrons. The molecule has 0 aliphatic rings. The van der Waals surface area contributed by atoms with Crippen LogP contribution in [0.4, 0.5) is 10.1 Å². The van der Waals surface area contributed by atoms with Crippen LogP contribution in [0.25, 0.3) is 17.1 Å². The summed E-state index contributed by atoms with van der Waals surface area (Å²) in [6, 6.07) is 14.1. The predicted octanol–water partition coefficient (Wildman–Crippen LogP) is 4.29. The maximum atomic E-state index is 14.3. The first-order valence-electron chi connectivity index (χ1n) is 8.36. The second-order valence-corrected chi connectivity index (χ2v) is 5.81. The van der Waals surface area contributed by atoms with Crippen LogP contribution >= 0.6 is 0 Å². The van der Waals surface area contributed by atoms with Crippen LogP contribution in [-0.2, 0) is 6.54 Å². The number of benzene rings is 2. The number of ether oxygens (including phenoxy) is 1. The number of para-hydroxylation sites is 1. The Morgan fingerprint density at radius 1 is 1.19 bits per heavy atom. The fourth-order valence-corrected chi connectivity index (χ4v) is 2.75. The van der Waals surface area contributed by atoms with Gasteiger partial charge in [0.25, 0.3) is 0 Å². The fraction of sp³-hybridized carbons (Fsp3) is 0.100. The second-order valence-electron chi connectivity index (χ2n) is 5.81. The lowest BCUT2D eigenvalue weighted by atomic mass is 10.2. The number of hydrogen-bond acceptors (Lipinski definition) is 5. The molecule has 2 aromatic heterocycles. The van der Waals surface area contributed by atoms with E-state index in [4.69, 9.17) is 9.15 Å². The summed E-state index contributed by atoms with van der Waals surface area (Å²) < 4.78 is 26.7. The normalized spacial score (nSPS) is 10.7. The minimum atomic E-state index is -0.362. The van der Waals surface area contributed by atoms with Crippen molar-refractivity contribution >= 4 is 5.69 Å². The molecule has 0 bridgehead atoms. The van der Waals surface area contributed by atoms with E-state index in [0.717, 1.165) is 11.3 Å². The summed E-state index contributed by atoms with van der Waals surface area (Å²) in [5.41, 5.74) is 2.44. The molecule has 4 rings (SSSR count). The smallest absolute Gasteiger partial charge is 0.226 e. The van der Waals surface area contributed by atoms with Crippen molar-refractivity contribution in [2.45, 2.75) is 6.54 Å². The molecule has 7 heteroatoms. The van der Waals surface area contributed by atoms with Crippen molar-refractivity contribution in [1.82, 2.24) is 14.8 Å².